The van der Waals surface area contributed by atoms with Gasteiger partial charge in [0.05, 0.1) is 0 Å². The van der Waals surface area contributed by atoms with Crippen LogP contribution < -0.4 is 5.32 Å². The van der Waals surface area contributed by atoms with Gasteiger partial charge in [-0.1, -0.05) is 47.4 Å². The van der Waals surface area contributed by atoms with Crippen LogP contribution in [0.15, 0.2) is 22.7 Å². The summed E-state index contributed by atoms with van der Waals surface area (Å²) in [5, 5.41) is 2.98. The molecule has 1 aliphatic rings. The van der Waals surface area contributed by atoms with Crippen molar-refractivity contribution in [3.8, 4) is 0 Å². The van der Waals surface area contributed by atoms with E-state index >= 15 is 0 Å². The Morgan fingerprint density at radius 3 is 2.50 bits per heavy atom. The molecule has 4 nitrogen and oxygen atoms in total. The second-order valence-corrected chi connectivity index (χ2v) is 6.14. The molecule has 0 aromatic heterocycles. The number of nitrogens with zero attached hydrogens (tertiary/aromatic N) is 1. The first kappa shape index (κ1) is 15.3. The fraction of sp³-hybridized carbons (Fsp3) is 0.429. The fourth-order valence-electron chi connectivity index (χ4n) is 2.59. The highest BCUT2D eigenvalue weighted by atomic mass is 79.9. The first-order chi connectivity index (χ1) is 9.44. The van der Waals surface area contributed by atoms with E-state index in [2.05, 4.69) is 21.2 Å². The van der Waals surface area contributed by atoms with Crippen molar-refractivity contribution in [2.45, 2.75) is 38.8 Å². The Balaban J connectivity index is 2.35. The average molecular weight is 360 g/mol. The van der Waals surface area contributed by atoms with Crippen molar-refractivity contribution in [2.24, 2.45) is 0 Å². The number of nitrogens with one attached hydrogen (secondary N) is 1. The first-order valence-electron chi connectivity index (χ1n) is 6.51. The number of imide groups is 1. The maximum absolute atomic E-state index is 12.1. The van der Waals surface area contributed by atoms with Gasteiger partial charge in [-0.25, -0.2) is 4.79 Å². The molecule has 3 amide bonds. The number of urea groups is 1. The monoisotopic (exact) mass is 358 g/mol. The van der Waals surface area contributed by atoms with Gasteiger partial charge in [-0.2, -0.15) is 0 Å². The van der Waals surface area contributed by atoms with Crippen molar-refractivity contribution in [1.29, 1.82) is 0 Å². The standard InChI is InChI=1S/C14H16BrClN2O2/c1-3-14(4-2)12(19)17-13(20)18(14)8-9-5-6-10(15)7-11(9)16/h5-7H,3-4,8H2,1-2H3,(H,17,19,20). The normalized spacial score (nSPS) is 17.5. The SMILES string of the molecule is CCC1(CC)C(=O)NC(=O)N1Cc1ccc(Br)cc1Cl. The van der Waals surface area contributed by atoms with E-state index in [9.17, 15) is 9.59 Å². The number of hydrogen-bond donors (Lipinski definition) is 1. The molecular formula is C14H16BrClN2O2. The second kappa shape index (κ2) is 5.74. The molecule has 0 aliphatic carbocycles. The van der Waals surface area contributed by atoms with Crippen LogP contribution in [0.4, 0.5) is 4.79 Å². The van der Waals surface area contributed by atoms with Crippen LogP contribution in [0.3, 0.4) is 0 Å². The zero-order chi connectivity index (χ0) is 14.9. The third-order valence-corrected chi connectivity index (χ3v) is 4.76. The van der Waals surface area contributed by atoms with Crippen molar-refractivity contribution in [2.75, 3.05) is 0 Å². The predicted molar refractivity (Wildman–Crippen MR) is 81.5 cm³/mol. The van der Waals surface area contributed by atoms with Gasteiger partial charge in [0.2, 0.25) is 0 Å². The summed E-state index contributed by atoms with van der Waals surface area (Å²) < 4.78 is 0.880. The Bertz CT molecular complexity index is 558. The van der Waals surface area contributed by atoms with Crippen LogP contribution in [0, 0.1) is 0 Å². The molecule has 6 heteroatoms. The predicted octanol–water partition coefficient (Wildman–Crippen LogP) is 3.71. The lowest BCUT2D eigenvalue weighted by Crippen LogP contribution is -2.48. The quantitative estimate of drug-likeness (QED) is 0.833. The molecule has 0 spiro atoms. The number of hydrogen-bond acceptors (Lipinski definition) is 2. The summed E-state index contributed by atoms with van der Waals surface area (Å²) in [7, 11) is 0. The van der Waals surface area contributed by atoms with E-state index in [4.69, 9.17) is 11.6 Å². The highest BCUT2D eigenvalue weighted by Gasteiger charge is 2.50. The molecule has 0 saturated carbocycles. The highest BCUT2D eigenvalue weighted by Crippen LogP contribution is 2.32. The summed E-state index contributed by atoms with van der Waals surface area (Å²) in [6.45, 7) is 4.15. The first-order valence-corrected chi connectivity index (χ1v) is 7.68. The number of halogens is 2. The number of amides is 3. The Hall–Kier alpha value is -1.07. The second-order valence-electron chi connectivity index (χ2n) is 4.82. The molecule has 0 bridgehead atoms. The maximum Gasteiger partial charge on any atom is 0.325 e. The minimum absolute atomic E-state index is 0.222. The molecule has 1 aliphatic heterocycles. The number of rotatable bonds is 4. The fourth-order valence-corrected chi connectivity index (χ4v) is 3.33. The number of carbonyl (C=O) groups is 2. The van der Waals surface area contributed by atoms with Crippen molar-refractivity contribution in [3.63, 3.8) is 0 Å². The molecule has 1 saturated heterocycles. The van der Waals surface area contributed by atoms with Gasteiger partial charge in [0, 0.05) is 16.0 Å². The van der Waals surface area contributed by atoms with Crippen molar-refractivity contribution < 1.29 is 9.59 Å². The zero-order valence-corrected chi connectivity index (χ0v) is 13.7. The van der Waals surface area contributed by atoms with Gasteiger partial charge in [-0.15, -0.1) is 0 Å². The lowest BCUT2D eigenvalue weighted by Gasteiger charge is -2.33. The Morgan fingerprint density at radius 2 is 1.95 bits per heavy atom. The van der Waals surface area contributed by atoms with E-state index < -0.39 is 5.54 Å². The average Bonchev–Trinajstić information content (AvgIpc) is 2.64. The highest BCUT2D eigenvalue weighted by molar-refractivity contribution is 9.10. The van der Waals surface area contributed by atoms with E-state index in [1.54, 1.807) is 11.0 Å². The molecule has 1 aromatic rings. The maximum atomic E-state index is 12.1. The summed E-state index contributed by atoms with van der Waals surface area (Å²) in [5.41, 5.74) is 0.0546. The summed E-state index contributed by atoms with van der Waals surface area (Å²) in [4.78, 5) is 25.7. The van der Waals surface area contributed by atoms with Gasteiger partial charge in [0.15, 0.2) is 0 Å². The molecule has 2 rings (SSSR count). The minimum Gasteiger partial charge on any atom is -0.305 e. The lowest BCUT2D eigenvalue weighted by molar-refractivity contribution is -0.127. The van der Waals surface area contributed by atoms with Crippen LogP contribution in [0.5, 0.6) is 0 Å². The van der Waals surface area contributed by atoms with Gasteiger partial charge in [0.1, 0.15) is 5.54 Å². The van der Waals surface area contributed by atoms with Crippen LogP contribution >= 0.6 is 27.5 Å². The van der Waals surface area contributed by atoms with Gasteiger partial charge in [-0.3, -0.25) is 10.1 Å². The van der Waals surface area contributed by atoms with Crippen molar-refractivity contribution >= 4 is 39.5 Å². The summed E-state index contributed by atoms with van der Waals surface area (Å²) in [5.74, 6) is -0.222. The van der Waals surface area contributed by atoms with E-state index in [0.717, 1.165) is 10.0 Å². The van der Waals surface area contributed by atoms with Crippen molar-refractivity contribution in [3.05, 3.63) is 33.3 Å². The Kier molecular flexibility index (Phi) is 4.39. The molecule has 108 valence electrons. The summed E-state index contributed by atoms with van der Waals surface area (Å²) >= 11 is 9.55. The number of carbonyl (C=O) groups excluding carboxylic acids is 2. The molecule has 20 heavy (non-hydrogen) atoms. The molecule has 1 fully saturated rings. The summed E-state index contributed by atoms with van der Waals surface area (Å²) in [6.07, 6.45) is 1.16. The molecule has 1 N–H and O–H groups in total. The van der Waals surface area contributed by atoms with Crippen LogP contribution in [-0.4, -0.2) is 22.4 Å². The van der Waals surface area contributed by atoms with Gasteiger partial charge < -0.3 is 4.90 Å². The van der Waals surface area contributed by atoms with E-state index in [1.165, 1.54) is 0 Å². The van der Waals surface area contributed by atoms with Crippen LogP contribution in [-0.2, 0) is 11.3 Å². The molecule has 0 atom stereocenters. The molecule has 0 radical (unpaired) electrons. The Labute approximate surface area is 131 Å². The van der Waals surface area contributed by atoms with Gasteiger partial charge >= 0.3 is 6.03 Å². The third kappa shape index (κ3) is 2.44. The molecular weight excluding hydrogens is 344 g/mol. The zero-order valence-electron chi connectivity index (χ0n) is 11.4. The van der Waals surface area contributed by atoms with Gasteiger partial charge in [-0.05, 0) is 30.5 Å². The minimum atomic E-state index is -0.770. The summed E-state index contributed by atoms with van der Waals surface area (Å²) in [6, 6.07) is 5.17. The largest absolute Gasteiger partial charge is 0.325 e. The smallest absolute Gasteiger partial charge is 0.305 e. The molecule has 0 unspecified atom stereocenters. The lowest BCUT2D eigenvalue weighted by atomic mass is 9.91. The number of benzene rings is 1. The van der Waals surface area contributed by atoms with Crippen LogP contribution in [0.2, 0.25) is 5.02 Å². The van der Waals surface area contributed by atoms with E-state index in [0.29, 0.717) is 24.4 Å². The van der Waals surface area contributed by atoms with Gasteiger partial charge in [0.25, 0.3) is 5.91 Å². The third-order valence-electron chi connectivity index (χ3n) is 3.92. The van der Waals surface area contributed by atoms with Crippen LogP contribution in [0.1, 0.15) is 32.3 Å². The Morgan fingerprint density at radius 1 is 1.30 bits per heavy atom. The van der Waals surface area contributed by atoms with E-state index in [-0.39, 0.29) is 11.9 Å². The topological polar surface area (TPSA) is 49.4 Å². The molecule has 1 heterocycles. The van der Waals surface area contributed by atoms with Crippen LogP contribution in [0.25, 0.3) is 0 Å². The van der Waals surface area contributed by atoms with E-state index in [1.807, 2.05) is 26.0 Å². The molecule has 1 aromatic carbocycles. The van der Waals surface area contributed by atoms with Crippen molar-refractivity contribution in [1.82, 2.24) is 10.2 Å².